The summed E-state index contributed by atoms with van der Waals surface area (Å²) in [5, 5.41) is 13.5. The van der Waals surface area contributed by atoms with Crippen molar-refractivity contribution >= 4 is 0 Å². The van der Waals surface area contributed by atoms with E-state index in [2.05, 4.69) is 19.2 Å². The number of hydrogen-bond acceptors (Lipinski definition) is 3. The molecule has 0 unspecified atom stereocenters. The third kappa shape index (κ3) is 5.64. The first-order valence-electron chi connectivity index (χ1n) is 7.75. The summed E-state index contributed by atoms with van der Waals surface area (Å²) < 4.78 is 19.6. The van der Waals surface area contributed by atoms with Crippen LogP contribution in [0.15, 0.2) is 18.2 Å². The molecule has 0 radical (unpaired) electrons. The first-order valence-corrected chi connectivity index (χ1v) is 7.75. The van der Waals surface area contributed by atoms with Crippen LogP contribution in [-0.2, 0) is 6.54 Å². The van der Waals surface area contributed by atoms with E-state index in [0.717, 1.165) is 12.1 Å². The van der Waals surface area contributed by atoms with Gasteiger partial charge in [-0.3, -0.25) is 0 Å². The Kier molecular flexibility index (Phi) is 7.12. The highest BCUT2D eigenvalue weighted by Crippen LogP contribution is 2.25. The molecule has 0 atom stereocenters. The fraction of sp³-hybridized carbons (Fsp3) is 0.647. The lowest BCUT2D eigenvalue weighted by Gasteiger charge is -2.26. The molecule has 21 heavy (non-hydrogen) atoms. The monoisotopic (exact) mass is 297 g/mol. The molecule has 0 saturated carbocycles. The molecule has 120 valence electrons. The van der Waals surface area contributed by atoms with Gasteiger partial charge in [-0.1, -0.05) is 39.8 Å². The second-order valence-electron chi connectivity index (χ2n) is 5.97. The van der Waals surface area contributed by atoms with Crippen LogP contribution in [0.3, 0.4) is 0 Å². The molecule has 3 nitrogen and oxygen atoms in total. The Balaban J connectivity index is 2.75. The average molecular weight is 297 g/mol. The van der Waals surface area contributed by atoms with Crippen LogP contribution in [0.5, 0.6) is 5.75 Å². The van der Waals surface area contributed by atoms with E-state index in [1.54, 1.807) is 6.07 Å². The van der Waals surface area contributed by atoms with E-state index < -0.39 is 5.60 Å². The number of hydrogen-bond donors (Lipinski definition) is 2. The quantitative estimate of drug-likeness (QED) is 0.733. The largest absolute Gasteiger partial charge is 0.487 e. The van der Waals surface area contributed by atoms with Gasteiger partial charge in [-0.25, -0.2) is 4.39 Å². The van der Waals surface area contributed by atoms with Crippen molar-refractivity contribution in [3.05, 3.63) is 29.6 Å². The molecular weight excluding hydrogens is 269 g/mol. The van der Waals surface area contributed by atoms with Crippen molar-refractivity contribution in [2.75, 3.05) is 13.2 Å². The minimum absolute atomic E-state index is 0.109. The molecule has 0 aromatic heterocycles. The van der Waals surface area contributed by atoms with Crippen molar-refractivity contribution in [1.29, 1.82) is 0 Å². The van der Waals surface area contributed by atoms with E-state index in [0.29, 0.717) is 25.3 Å². The van der Waals surface area contributed by atoms with Crippen molar-refractivity contribution in [3.63, 3.8) is 0 Å². The summed E-state index contributed by atoms with van der Waals surface area (Å²) in [6.07, 6.45) is 1.16. The minimum Gasteiger partial charge on any atom is -0.487 e. The third-order valence-corrected chi connectivity index (χ3v) is 3.72. The summed E-state index contributed by atoms with van der Waals surface area (Å²) in [6.45, 7) is 9.58. The van der Waals surface area contributed by atoms with Gasteiger partial charge in [0, 0.05) is 12.1 Å². The first kappa shape index (κ1) is 17.9. The van der Waals surface area contributed by atoms with Gasteiger partial charge in [0.1, 0.15) is 6.61 Å². The zero-order chi connectivity index (χ0) is 15.9. The SMILES string of the molecule is CCC(O)(CC)COc1c(F)cccc1CNCC(C)C. The van der Waals surface area contributed by atoms with E-state index in [1.807, 2.05) is 19.9 Å². The Bertz CT molecular complexity index is 431. The molecule has 0 heterocycles. The first-order chi connectivity index (χ1) is 9.91. The van der Waals surface area contributed by atoms with Crippen LogP contribution in [-0.4, -0.2) is 23.9 Å². The summed E-state index contributed by atoms with van der Waals surface area (Å²) >= 11 is 0. The molecule has 0 saturated heterocycles. The van der Waals surface area contributed by atoms with E-state index in [4.69, 9.17) is 4.74 Å². The van der Waals surface area contributed by atoms with Gasteiger partial charge in [-0.15, -0.1) is 0 Å². The molecule has 4 heteroatoms. The molecule has 0 fully saturated rings. The fourth-order valence-corrected chi connectivity index (χ4v) is 2.01. The van der Waals surface area contributed by atoms with Gasteiger partial charge < -0.3 is 15.2 Å². The van der Waals surface area contributed by atoms with Gasteiger partial charge in [0.25, 0.3) is 0 Å². The average Bonchev–Trinajstić information content (AvgIpc) is 2.46. The summed E-state index contributed by atoms with van der Waals surface area (Å²) in [5.41, 5.74) is -0.115. The van der Waals surface area contributed by atoms with Crippen molar-refractivity contribution in [3.8, 4) is 5.75 Å². The van der Waals surface area contributed by atoms with E-state index in [-0.39, 0.29) is 18.2 Å². The maximum Gasteiger partial charge on any atom is 0.165 e. The van der Waals surface area contributed by atoms with Crippen LogP contribution in [0.2, 0.25) is 0 Å². The second-order valence-corrected chi connectivity index (χ2v) is 5.97. The number of para-hydroxylation sites is 1. The number of halogens is 1. The molecule has 1 aromatic carbocycles. The number of ether oxygens (including phenoxy) is 1. The summed E-state index contributed by atoms with van der Waals surface area (Å²) in [6, 6.07) is 4.92. The number of aliphatic hydroxyl groups is 1. The highest BCUT2D eigenvalue weighted by Gasteiger charge is 2.24. The van der Waals surface area contributed by atoms with Crippen LogP contribution in [0.4, 0.5) is 4.39 Å². The lowest BCUT2D eigenvalue weighted by Crippen LogP contribution is -2.34. The van der Waals surface area contributed by atoms with E-state index >= 15 is 0 Å². The van der Waals surface area contributed by atoms with Gasteiger partial charge in [0.05, 0.1) is 5.60 Å². The van der Waals surface area contributed by atoms with Gasteiger partial charge in [0.2, 0.25) is 0 Å². The van der Waals surface area contributed by atoms with Gasteiger partial charge in [-0.05, 0) is 31.4 Å². The summed E-state index contributed by atoms with van der Waals surface area (Å²) in [5.74, 6) is 0.399. The topological polar surface area (TPSA) is 41.5 Å². The molecule has 0 bridgehead atoms. The molecule has 0 aliphatic heterocycles. The van der Waals surface area contributed by atoms with Crippen LogP contribution < -0.4 is 10.1 Å². The van der Waals surface area contributed by atoms with Gasteiger partial charge >= 0.3 is 0 Å². The third-order valence-electron chi connectivity index (χ3n) is 3.72. The standard InChI is InChI=1S/C17H28FNO2/c1-5-17(20,6-2)12-21-16-14(8-7-9-15(16)18)11-19-10-13(3)4/h7-9,13,19-20H,5-6,10-12H2,1-4H3. The number of benzene rings is 1. The molecular formula is C17H28FNO2. The van der Waals surface area contributed by atoms with Crippen molar-refractivity contribution in [1.82, 2.24) is 5.32 Å². The maximum atomic E-state index is 14.0. The van der Waals surface area contributed by atoms with E-state index in [9.17, 15) is 9.50 Å². The zero-order valence-electron chi connectivity index (χ0n) is 13.6. The molecule has 0 aliphatic carbocycles. The van der Waals surface area contributed by atoms with Crippen molar-refractivity contribution < 1.29 is 14.2 Å². The lowest BCUT2D eigenvalue weighted by molar-refractivity contribution is -0.0126. The Morgan fingerprint density at radius 2 is 1.95 bits per heavy atom. The van der Waals surface area contributed by atoms with Crippen LogP contribution in [0, 0.1) is 11.7 Å². The normalized spacial score (nSPS) is 12.0. The maximum absolute atomic E-state index is 14.0. The Labute approximate surface area is 127 Å². The van der Waals surface area contributed by atoms with Crippen molar-refractivity contribution in [2.45, 2.75) is 52.7 Å². The summed E-state index contributed by atoms with van der Waals surface area (Å²) in [4.78, 5) is 0. The fourth-order valence-electron chi connectivity index (χ4n) is 2.01. The van der Waals surface area contributed by atoms with Crippen LogP contribution in [0.25, 0.3) is 0 Å². The van der Waals surface area contributed by atoms with Crippen molar-refractivity contribution in [2.24, 2.45) is 5.92 Å². The summed E-state index contributed by atoms with van der Waals surface area (Å²) in [7, 11) is 0. The van der Waals surface area contributed by atoms with Gasteiger partial charge in [-0.2, -0.15) is 0 Å². The zero-order valence-corrected chi connectivity index (χ0v) is 13.6. The van der Waals surface area contributed by atoms with Crippen LogP contribution >= 0.6 is 0 Å². The lowest BCUT2D eigenvalue weighted by atomic mass is 9.99. The Morgan fingerprint density at radius 1 is 1.29 bits per heavy atom. The minimum atomic E-state index is -0.898. The molecule has 1 rings (SSSR count). The molecule has 0 aliphatic rings. The Hall–Kier alpha value is -1.13. The second kappa shape index (κ2) is 8.35. The molecule has 0 amide bonds. The highest BCUT2D eigenvalue weighted by molar-refractivity contribution is 5.35. The van der Waals surface area contributed by atoms with Gasteiger partial charge in [0.15, 0.2) is 11.6 Å². The number of nitrogens with one attached hydrogen (secondary N) is 1. The smallest absolute Gasteiger partial charge is 0.165 e. The molecule has 2 N–H and O–H groups in total. The Morgan fingerprint density at radius 3 is 2.52 bits per heavy atom. The predicted molar refractivity (Wildman–Crippen MR) is 84.0 cm³/mol. The van der Waals surface area contributed by atoms with E-state index in [1.165, 1.54) is 6.07 Å². The molecule has 0 spiro atoms. The number of rotatable bonds is 9. The predicted octanol–water partition coefficient (Wildman–Crippen LogP) is 3.50. The highest BCUT2D eigenvalue weighted by atomic mass is 19.1. The molecule has 1 aromatic rings. The van der Waals surface area contributed by atoms with Crippen LogP contribution in [0.1, 0.15) is 46.1 Å².